The molecular formula is C15H18N4O4. The quantitative estimate of drug-likeness (QED) is 0.499. The molecule has 0 radical (unpaired) electrons. The Morgan fingerprint density at radius 2 is 2.04 bits per heavy atom. The third-order valence-corrected chi connectivity index (χ3v) is 2.67. The van der Waals surface area contributed by atoms with Gasteiger partial charge in [-0.1, -0.05) is 12.1 Å². The van der Waals surface area contributed by atoms with Gasteiger partial charge in [0, 0.05) is 5.69 Å². The van der Waals surface area contributed by atoms with Crippen molar-refractivity contribution in [1.29, 1.82) is 5.53 Å². The first kappa shape index (κ1) is 18.1. The van der Waals surface area contributed by atoms with Gasteiger partial charge in [0.15, 0.2) is 10.8 Å². The fourth-order valence-electron chi connectivity index (χ4n) is 1.69. The fraction of sp³-hybridized carbons (Fsp3) is 0.333. The van der Waals surface area contributed by atoms with E-state index in [4.69, 9.17) is 10.3 Å². The smallest absolute Gasteiger partial charge is 0.412 e. The van der Waals surface area contributed by atoms with Crippen molar-refractivity contribution in [2.24, 2.45) is 5.11 Å². The molecule has 0 unspecified atom stereocenters. The van der Waals surface area contributed by atoms with Crippen LogP contribution in [-0.2, 0) is 9.53 Å². The van der Waals surface area contributed by atoms with E-state index in [9.17, 15) is 14.7 Å². The van der Waals surface area contributed by atoms with E-state index in [1.54, 1.807) is 45.9 Å². The van der Waals surface area contributed by atoms with Crippen molar-refractivity contribution in [3.8, 4) is 0 Å². The van der Waals surface area contributed by atoms with Crippen LogP contribution in [0.2, 0.25) is 0 Å². The van der Waals surface area contributed by atoms with Crippen LogP contribution in [0.15, 0.2) is 29.0 Å². The van der Waals surface area contributed by atoms with Crippen LogP contribution in [0.4, 0.5) is 10.5 Å². The molecule has 1 rings (SSSR count). The first-order valence-electron chi connectivity index (χ1n) is 6.74. The Kier molecular flexibility index (Phi) is 5.75. The number of ether oxygens (including phenoxy) is 1. The number of carbonyl (C=O) groups is 2. The average Bonchev–Trinajstić information content (AvgIpc) is 2.40. The molecule has 0 aliphatic carbocycles. The Labute approximate surface area is 133 Å². The van der Waals surface area contributed by atoms with Gasteiger partial charge in [-0.05, 0) is 51.0 Å². The number of amides is 1. The van der Waals surface area contributed by atoms with Gasteiger partial charge in [0.2, 0.25) is 4.91 Å². The molecule has 8 heteroatoms. The van der Waals surface area contributed by atoms with Gasteiger partial charge in [-0.3, -0.25) is 5.32 Å². The lowest BCUT2D eigenvalue weighted by Gasteiger charge is -2.20. The Balaban J connectivity index is 3.12. The fourth-order valence-corrected chi connectivity index (χ4v) is 1.69. The Morgan fingerprint density at radius 1 is 1.39 bits per heavy atom. The zero-order valence-electron chi connectivity index (χ0n) is 13.3. The molecule has 0 bridgehead atoms. The van der Waals surface area contributed by atoms with Crippen molar-refractivity contribution in [2.75, 3.05) is 5.32 Å². The highest BCUT2D eigenvalue weighted by molar-refractivity contribution is 5.91. The summed E-state index contributed by atoms with van der Waals surface area (Å²) in [6.45, 7) is 6.94. The summed E-state index contributed by atoms with van der Waals surface area (Å²) >= 11 is 0. The molecule has 0 aromatic heterocycles. The molecule has 2 N–H and O–H groups in total. The number of nitrogens with one attached hydrogen (secondary N) is 2. The van der Waals surface area contributed by atoms with E-state index < -0.39 is 23.4 Å². The molecule has 0 aliphatic heterocycles. The van der Waals surface area contributed by atoms with Gasteiger partial charge in [-0.2, -0.15) is 0 Å². The Morgan fingerprint density at radius 3 is 2.57 bits per heavy atom. The van der Waals surface area contributed by atoms with Crippen molar-refractivity contribution in [2.45, 2.75) is 33.3 Å². The molecule has 0 atom stereocenters. The van der Waals surface area contributed by atoms with Crippen LogP contribution in [0, 0.1) is 12.5 Å². The molecule has 0 saturated heterocycles. The van der Waals surface area contributed by atoms with E-state index in [2.05, 4.69) is 15.3 Å². The van der Waals surface area contributed by atoms with Crippen LogP contribution in [-0.4, -0.2) is 17.7 Å². The summed E-state index contributed by atoms with van der Waals surface area (Å²) in [5.41, 5.74) is 7.06. The summed E-state index contributed by atoms with van der Waals surface area (Å²) in [6.07, 6.45) is 0.593. The predicted octanol–water partition coefficient (Wildman–Crippen LogP) is 1.98. The maximum Gasteiger partial charge on any atom is 0.412 e. The maximum absolute atomic E-state index is 11.8. The minimum Gasteiger partial charge on any atom is -0.543 e. The van der Waals surface area contributed by atoms with Gasteiger partial charge >= 0.3 is 6.09 Å². The van der Waals surface area contributed by atoms with Gasteiger partial charge in [-0.15, -0.1) is 0 Å². The number of anilines is 1. The summed E-state index contributed by atoms with van der Waals surface area (Å²) in [5.74, 6) is -1.55. The second kappa shape index (κ2) is 7.33. The van der Waals surface area contributed by atoms with Crippen LogP contribution in [0.5, 0.6) is 0 Å². The minimum absolute atomic E-state index is 0.466. The van der Waals surface area contributed by atoms with E-state index >= 15 is 0 Å². The molecule has 0 saturated carbocycles. The highest BCUT2D eigenvalue weighted by Gasteiger charge is 2.17. The molecular weight excluding hydrogens is 300 g/mol. The number of hydrogen-bond donors (Lipinski definition) is 2. The molecule has 0 fully saturated rings. The van der Waals surface area contributed by atoms with Crippen molar-refractivity contribution >= 4 is 23.8 Å². The number of aliphatic carboxylic acids is 1. The first-order chi connectivity index (χ1) is 10.6. The molecule has 1 aromatic carbocycles. The summed E-state index contributed by atoms with van der Waals surface area (Å²) in [4.78, 5) is 25.4. The van der Waals surface area contributed by atoms with E-state index in [1.807, 2.05) is 0 Å². The molecule has 0 heterocycles. The predicted molar refractivity (Wildman–Crippen MR) is 81.3 cm³/mol. The summed E-state index contributed by atoms with van der Waals surface area (Å²) in [7, 11) is 0. The summed E-state index contributed by atoms with van der Waals surface area (Å²) < 4.78 is 5.17. The summed E-state index contributed by atoms with van der Waals surface area (Å²) in [6, 6.07) is 4.93. The lowest BCUT2D eigenvalue weighted by atomic mass is 10.1. The first-order valence-corrected chi connectivity index (χ1v) is 6.74. The van der Waals surface area contributed by atoms with Crippen LogP contribution >= 0.6 is 0 Å². The monoisotopic (exact) mass is 318 g/mol. The topological polar surface area (TPSA) is 129 Å². The van der Waals surface area contributed by atoms with Gasteiger partial charge in [-0.25, -0.2) is 4.79 Å². The lowest BCUT2D eigenvalue weighted by molar-refractivity contribution is -0.299. The van der Waals surface area contributed by atoms with Gasteiger partial charge in [0.05, 0.1) is 5.97 Å². The third kappa shape index (κ3) is 5.72. The second-order valence-corrected chi connectivity index (χ2v) is 5.66. The number of rotatable bonds is 4. The molecule has 23 heavy (non-hydrogen) atoms. The molecule has 122 valence electrons. The van der Waals surface area contributed by atoms with Crippen LogP contribution in [0.1, 0.15) is 31.9 Å². The van der Waals surface area contributed by atoms with Crippen LogP contribution in [0.3, 0.4) is 0 Å². The zero-order chi connectivity index (χ0) is 17.6. The molecule has 1 amide bonds. The number of nitrogens with zero attached hydrogens (tertiary/aromatic N) is 2. The van der Waals surface area contributed by atoms with E-state index in [0.717, 1.165) is 0 Å². The Hall–Kier alpha value is -2.99. The van der Waals surface area contributed by atoms with Gasteiger partial charge in [0.1, 0.15) is 11.1 Å². The SMILES string of the molecule is Cc1c(C=C(N=[N+]=N)C(=O)[O-])cccc1NC(=O)OC(C)(C)C. The van der Waals surface area contributed by atoms with Crippen LogP contribution in [0.25, 0.3) is 6.08 Å². The molecule has 0 aliphatic rings. The highest BCUT2D eigenvalue weighted by atomic mass is 16.6. The van der Waals surface area contributed by atoms with Crippen molar-refractivity contribution in [3.63, 3.8) is 0 Å². The largest absolute Gasteiger partial charge is 0.543 e. The summed E-state index contributed by atoms with van der Waals surface area (Å²) in [5, 5.41) is 16.7. The molecule has 8 nitrogen and oxygen atoms in total. The highest BCUT2D eigenvalue weighted by Crippen LogP contribution is 2.22. The van der Waals surface area contributed by atoms with E-state index in [1.165, 1.54) is 6.08 Å². The third-order valence-electron chi connectivity index (χ3n) is 2.67. The number of hydrogen-bond acceptors (Lipinski definition) is 6. The zero-order valence-corrected chi connectivity index (χ0v) is 13.3. The lowest BCUT2D eigenvalue weighted by Crippen LogP contribution is -2.27. The number of benzene rings is 1. The standard InChI is InChI=1S/C15H18N4O4/c1-9-10(8-12(13(20)21)18-19-16)6-5-7-11(9)17-14(22)23-15(2,3)4/h5-8,16H,1-4H3,(H-,17,20,21,22). The van der Waals surface area contributed by atoms with Crippen molar-refractivity contribution in [1.82, 2.24) is 4.91 Å². The van der Waals surface area contributed by atoms with E-state index in [-0.39, 0.29) is 0 Å². The molecule has 1 aromatic rings. The number of carboxylic acids is 1. The second-order valence-electron chi connectivity index (χ2n) is 5.66. The normalized spacial score (nSPS) is 11.4. The maximum atomic E-state index is 11.8. The number of carbonyl (C=O) groups excluding carboxylic acids is 2. The van der Waals surface area contributed by atoms with Crippen molar-refractivity contribution in [3.05, 3.63) is 35.0 Å². The average molecular weight is 318 g/mol. The van der Waals surface area contributed by atoms with Crippen LogP contribution < -0.4 is 15.3 Å². The van der Waals surface area contributed by atoms with Crippen molar-refractivity contribution < 1.29 is 19.4 Å². The number of carboxylic acid groups (broad SMARTS) is 1. The Bertz CT molecular complexity index is 694. The molecule has 0 spiro atoms. The van der Waals surface area contributed by atoms with E-state index in [0.29, 0.717) is 16.8 Å². The van der Waals surface area contributed by atoms with Gasteiger partial charge in [0.25, 0.3) is 0 Å². The minimum atomic E-state index is -1.55. The van der Waals surface area contributed by atoms with Gasteiger partial charge < -0.3 is 14.6 Å².